The third-order valence-electron chi connectivity index (χ3n) is 4.25. The lowest BCUT2D eigenvalue weighted by atomic mass is 10.1. The summed E-state index contributed by atoms with van der Waals surface area (Å²) in [5.74, 6) is 0. The molecule has 0 bridgehead atoms. The van der Waals surface area contributed by atoms with Crippen molar-refractivity contribution in [3.8, 4) is 0 Å². The van der Waals surface area contributed by atoms with Gasteiger partial charge >= 0.3 is 0 Å². The number of rotatable bonds is 3. The van der Waals surface area contributed by atoms with E-state index in [9.17, 15) is 0 Å². The summed E-state index contributed by atoms with van der Waals surface area (Å²) in [5, 5.41) is 3.51. The number of nitrogens with zero attached hydrogens (tertiary/aromatic N) is 2. The molecule has 2 saturated heterocycles. The van der Waals surface area contributed by atoms with Crippen LogP contribution >= 0.6 is 28.3 Å². The van der Waals surface area contributed by atoms with Crippen LogP contribution in [-0.4, -0.2) is 56.9 Å². The van der Waals surface area contributed by atoms with Gasteiger partial charge < -0.3 is 15.0 Å². The van der Waals surface area contributed by atoms with Crippen LogP contribution in [0.4, 0.5) is 5.69 Å². The first kappa shape index (κ1) is 18.0. The molecule has 6 heteroatoms. The molecule has 1 aromatic rings. The van der Waals surface area contributed by atoms with Gasteiger partial charge in [-0.3, -0.25) is 4.90 Å². The van der Waals surface area contributed by atoms with E-state index in [-0.39, 0.29) is 12.4 Å². The highest BCUT2D eigenvalue weighted by molar-refractivity contribution is 9.10. The molecule has 1 N–H and O–H groups in total. The van der Waals surface area contributed by atoms with E-state index in [1.54, 1.807) is 0 Å². The van der Waals surface area contributed by atoms with Gasteiger partial charge in [-0.15, -0.1) is 12.4 Å². The molecule has 3 rings (SSSR count). The van der Waals surface area contributed by atoms with Crippen LogP contribution in [0.5, 0.6) is 0 Å². The van der Waals surface area contributed by atoms with Gasteiger partial charge in [0, 0.05) is 55.5 Å². The van der Waals surface area contributed by atoms with Gasteiger partial charge in [-0.1, -0.05) is 22.0 Å². The molecular weight excluding hydrogens is 366 g/mol. The number of morpholine rings is 1. The van der Waals surface area contributed by atoms with E-state index in [0.717, 1.165) is 57.0 Å². The normalized spacial score (nSPS) is 23.2. The lowest BCUT2D eigenvalue weighted by Crippen LogP contribution is -2.48. The van der Waals surface area contributed by atoms with Crippen molar-refractivity contribution < 1.29 is 4.74 Å². The van der Waals surface area contributed by atoms with Crippen molar-refractivity contribution in [2.75, 3.05) is 50.8 Å². The Morgan fingerprint density at radius 2 is 2.05 bits per heavy atom. The summed E-state index contributed by atoms with van der Waals surface area (Å²) in [5.41, 5.74) is 2.79. The van der Waals surface area contributed by atoms with Gasteiger partial charge in [0.25, 0.3) is 0 Å². The first-order chi connectivity index (χ1) is 10.2. The van der Waals surface area contributed by atoms with Crippen molar-refractivity contribution in [1.82, 2.24) is 10.2 Å². The van der Waals surface area contributed by atoms with Crippen LogP contribution in [-0.2, 0) is 11.3 Å². The van der Waals surface area contributed by atoms with Crippen LogP contribution in [0.25, 0.3) is 0 Å². The number of anilines is 1. The summed E-state index contributed by atoms with van der Waals surface area (Å²) >= 11 is 3.62. The Morgan fingerprint density at radius 3 is 2.77 bits per heavy atom. The predicted molar refractivity (Wildman–Crippen MR) is 97.2 cm³/mol. The van der Waals surface area contributed by atoms with Crippen molar-refractivity contribution in [2.24, 2.45) is 0 Å². The topological polar surface area (TPSA) is 27.7 Å². The Morgan fingerprint density at radius 1 is 1.27 bits per heavy atom. The minimum absolute atomic E-state index is 0. The predicted octanol–water partition coefficient (Wildman–Crippen LogP) is 2.50. The number of ether oxygens (including phenoxy) is 1. The largest absolute Gasteiger partial charge is 0.378 e. The minimum atomic E-state index is 0. The Kier molecular flexibility index (Phi) is 6.96. The Balaban J connectivity index is 0.00000176. The van der Waals surface area contributed by atoms with Gasteiger partial charge in [0.05, 0.1) is 13.2 Å². The van der Waals surface area contributed by atoms with E-state index in [1.807, 2.05) is 0 Å². The quantitative estimate of drug-likeness (QED) is 0.858. The summed E-state index contributed by atoms with van der Waals surface area (Å²) < 4.78 is 6.64. The zero-order valence-corrected chi connectivity index (χ0v) is 15.5. The number of hydrogen-bond acceptors (Lipinski definition) is 4. The molecule has 2 fully saturated rings. The smallest absolute Gasteiger partial charge is 0.0642 e. The number of hydrogen-bond donors (Lipinski definition) is 1. The van der Waals surface area contributed by atoms with Crippen molar-refractivity contribution >= 4 is 34.0 Å². The lowest BCUT2D eigenvalue weighted by Gasteiger charge is -2.35. The van der Waals surface area contributed by atoms with Crippen molar-refractivity contribution in [2.45, 2.75) is 19.5 Å². The first-order valence-electron chi connectivity index (χ1n) is 7.79. The highest BCUT2D eigenvalue weighted by Crippen LogP contribution is 2.27. The van der Waals surface area contributed by atoms with Crippen LogP contribution in [0.1, 0.15) is 12.5 Å². The van der Waals surface area contributed by atoms with E-state index >= 15 is 0 Å². The monoisotopic (exact) mass is 389 g/mol. The van der Waals surface area contributed by atoms with Crippen LogP contribution < -0.4 is 10.2 Å². The third-order valence-corrected chi connectivity index (χ3v) is 4.74. The molecule has 4 nitrogen and oxygen atoms in total. The third kappa shape index (κ3) is 4.59. The molecule has 0 aromatic heterocycles. The molecule has 0 saturated carbocycles. The second-order valence-electron chi connectivity index (χ2n) is 5.96. The number of benzene rings is 1. The Bertz CT molecular complexity index is 482. The first-order valence-corrected chi connectivity index (χ1v) is 8.58. The molecule has 2 aliphatic rings. The maximum atomic E-state index is 5.48. The Hall–Kier alpha value is -0.330. The highest BCUT2D eigenvalue weighted by atomic mass is 79.9. The molecule has 124 valence electrons. The fourth-order valence-corrected chi connectivity index (χ4v) is 3.52. The molecule has 0 spiro atoms. The van der Waals surface area contributed by atoms with Gasteiger partial charge in [-0.25, -0.2) is 0 Å². The van der Waals surface area contributed by atoms with Gasteiger partial charge in [0.2, 0.25) is 0 Å². The van der Waals surface area contributed by atoms with Gasteiger partial charge in [-0.05, 0) is 24.6 Å². The van der Waals surface area contributed by atoms with Gasteiger partial charge in [0.15, 0.2) is 0 Å². The molecular formula is C16H25BrClN3O. The Labute approximate surface area is 147 Å². The summed E-state index contributed by atoms with van der Waals surface area (Å²) in [4.78, 5) is 5.00. The van der Waals surface area contributed by atoms with Crippen LogP contribution in [0.3, 0.4) is 0 Å². The van der Waals surface area contributed by atoms with E-state index in [0.29, 0.717) is 6.04 Å². The molecule has 1 aromatic carbocycles. The van der Waals surface area contributed by atoms with E-state index < -0.39 is 0 Å². The second-order valence-corrected chi connectivity index (χ2v) is 6.88. The maximum absolute atomic E-state index is 5.48. The standard InChI is InChI=1S/C16H24BrN3O.ClH/c1-13-11-19(5-4-18-13)12-14-2-3-15(17)10-16(14)20-6-8-21-9-7-20;/h2-3,10,13,18H,4-9,11-12H2,1H3;1H. The van der Waals surface area contributed by atoms with E-state index in [2.05, 4.69) is 56.2 Å². The molecule has 1 unspecified atom stereocenters. The average molecular weight is 391 g/mol. The maximum Gasteiger partial charge on any atom is 0.0642 e. The zero-order valence-electron chi connectivity index (χ0n) is 13.1. The van der Waals surface area contributed by atoms with Crippen LogP contribution in [0, 0.1) is 0 Å². The summed E-state index contributed by atoms with van der Waals surface area (Å²) in [7, 11) is 0. The minimum Gasteiger partial charge on any atom is -0.378 e. The van der Waals surface area contributed by atoms with E-state index in [1.165, 1.54) is 11.3 Å². The van der Waals surface area contributed by atoms with Crippen LogP contribution in [0.15, 0.2) is 22.7 Å². The SMILES string of the molecule is CC1CN(Cc2ccc(Br)cc2N2CCOCC2)CCN1.Cl. The fraction of sp³-hybridized carbons (Fsp3) is 0.625. The molecule has 1 atom stereocenters. The molecule has 2 heterocycles. The highest BCUT2D eigenvalue weighted by Gasteiger charge is 2.19. The molecule has 22 heavy (non-hydrogen) atoms. The van der Waals surface area contributed by atoms with Gasteiger partial charge in [-0.2, -0.15) is 0 Å². The van der Waals surface area contributed by atoms with Gasteiger partial charge in [0.1, 0.15) is 0 Å². The molecule has 0 radical (unpaired) electrons. The number of nitrogens with one attached hydrogen (secondary N) is 1. The summed E-state index contributed by atoms with van der Waals surface area (Å²) in [6.07, 6.45) is 0. The second kappa shape index (κ2) is 8.50. The zero-order chi connectivity index (χ0) is 14.7. The van der Waals surface area contributed by atoms with Crippen molar-refractivity contribution in [3.05, 3.63) is 28.2 Å². The number of halogens is 2. The van der Waals surface area contributed by atoms with E-state index in [4.69, 9.17) is 4.74 Å². The number of piperazine rings is 1. The van der Waals surface area contributed by atoms with Crippen LogP contribution in [0.2, 0.25) is 0 Å². The molecule has 0 aliphatic carbocycles. The fourth-order valence-electron chi connectivity index (χ4n) is 3.17. The molecule has 0 amide bonds. The summed E-state index contributed by atoms with van der Waals surface area (Å²) in [6, 6.07) is 7.26. The average Bonchev–Trinajstić information content (AvgIpc) is 2.50. The summed E-state index contributed by atoms with van der Waals surface area (Å²) in [6.45, 7) is 10.3. The lowest BCUT2D eigenvalue weighted by molar-refractivity contribution is 0.122. The van der Waals surface area contributed by atoms with Crippen molar-refractivity contribution in [3.63, 3.8) is 0 Å². The molecule has 2 aliphatic heterocycles. The van der Waals surface area contributed by atoms with Crippen molar-refractivity contribution in [1.29, 1.82) is 0 Å².